The molecule has 0 radical (unpaired) electrons. The summed E-state index contributed by atoms with van der Waals surface area (Å²) in [5.74, 6) is 0. The molecule has 0 bridgehead atoms. The summed E-state index contributed by atoms with van der Waals surface area (Å²) in [5, 5.41) is 16.9. The number of nitrogens with zero attached hydrogens (tertiary/aromatic N) is 5. The minimum Gasteiger partial charge on any atom is -0.374 e. The molecule has 4 rings (SSSR count). The molecule has 1 aliphatic heterocycles. The molecular weight excluding hydrogens is 440 g/mol. The summed E-state index contributed by atoms with van der Waals surface area (Å²) in [7, 11) is 0. The Morgan fingerprint density at radius 3 is 2.47 bits per heavy atom. The highest BCUT2D eigenvalue weighted by Crippen LogP contribution is 2.49. The van der Waals surface area contributed by atoms with Crippen LogP contribution >= 0.6 is 0 Å². The van der Waals surface area contributed by atoms with Gasteiger partial charge in [0.1, 0.15) is 18.7 Å². The summed E-state index contributed by atoms with van der Waals surface area (Å²) in [6.07, 6.45) is -8.18. The third kappa shape index (κ3) is 3.55. The van der Waals surface area contributed by atoms with E-state index in [1.165, 1.54) is 35.5 Å². The van der Waals surface area contributed by atoms with Crippen LogP contribution in [-0.4, -0.2) is 26.7 Å². The Balaban J connectivity index is 1.73. The molecular formula is C20H11F6N5O. The topological polar surface area (TPSA) is 76.1 Å². The largest absolute Gasteiger partial charge is 0.435 e. The van der Waals surface area contributed by atoms with E-state index in [0.29, 0.717) is 17.8 Å². The van der Waals surface area contributed by atoms with Crippen molar-refractivity contribution >= 4 is 5.71 Å². The van der Waals surface area contributed by atoms with Crippen molar-refractivity contribution in [2.24, 2.45) is 5.16 Å². The summed E-state index contributed by atoms with van der Waals surface area (Å²) < 4.78 is 82.7. The number of aromatic nitrogens is 3. The lowest BCUT2D eigenvalue weighted by atomic mass is 9.85. The SMILES string of the molecule is N#Cc1cc(C2=NOC(c3cccc(C(F)(F)F)c3)(C(F)(F)F)C2)ccc1-n1cncn1. The maximum Gasteiger partial charge on any atom is 0.435 e. The minimum absolute atomic E-state index is 0.0827. The van der Waals surface area contributed by atoms with Gasteiger partial charge in [-0.25, -0.2) is 9.67 Å². The van der Waals surface area contributed by atoms with Crippen molar-refractivity contribution in [1.29, 1.82) is 5.26 Å². The number of benzene rings is 2. The van der Waals surface area contributed by atoms with Gasteiger partial charge in [-0.3, -0.25) is 0 Å². The summed E-state index contributed by atoms with van der Waals surface area (Å²) in [4.78, 5) is 8.56. The molecule has 6 nitrogen and oxygen atoms in total. The predicted molar refractivity (Wildman–Crippen MR) is 97.5 cm³/mol. The van der Waals surface area contributed by atoms with Crippen LogP contribution in [0.1, 0.15) is 28.7 Å². The first kappa shape index (κ1) is 21.4. The van der Waals surface area contributed by atoms with Gasteiger partial charge in [0.25, 0.3) is 5.60 Å². The van der Waals surface area contributed by atoms with Gasteiger partial charge < -0.3 is 4.84 Å². The molecule has 2 aromatic carbocycles. The van der Waals surface area contributed by atoms with Crippen LogP contribution in [0.3, 0.4) is 0 Å². The summed E-state index contributed by atoms with van der Waals surface area (Å²) in [6.45, 7) is 0. The Labute approximate surface area is 176 Å². The molecule has 0 amide bonds. The maximum absolute atomic E-state index is 14.1. The van der Waals surface area contributed by atoms with Crippen molar-refractivity contribution in [3.05, 3.63) is 77.4 Å². The van der Waals surface area contributed by atoms with Gasteiger partial charge in [-0.15, -0.1) is 0 Å². The predicted octanol–water partition coefficient (Wildman–Crippen LogP) is 4.74. The maximum atomic E-state index is 14.1. The third-order valence-corrected chi connectivity index (χ3v) is 4.96. The summed E-state index contributed by atoms with van der Waals surface area (Å²) in [6, 6.07) is 8.96. The van der Waals surface area contributed by atoms with E-state index in [0.717, 1.165) is 12.1 Å². The third-order valence-electron chi connectivity index (χ3n) is 4.96. The number of hydrogen-bond donors (Lipinski definition) is 0. The van der Waals surface area contributed by atoms with Gasteiger partial charge in [-0.05, 0) is 24.3 Å². The van der Waals surface area contributed by atoms with Gasteiger partial charge in [0.05, 0.1) is 22.5 Å². The van der Waals surface area contributed by atoms with Crippen LogP contribution in [0.25, 0.3) is 5.69 Å². The highest BCUT2D eigenvalue weighted by Gasteiger charge is 2.62. The molecule has 0 N–H and O–H groups in total. The number of nitriles is 1. The lowest BCUT2D eigenvalue weighted by Crippen LogP contribution is -2.42. The van der Waals surface area contributed by atoms with Crippen LogP contribution in [0.5, 0.6) is 0 Å². The number of rotatable bonds is 3. The van der Waals surface area contributed by atoms with Crippen LogP contribution in [-0.2, 0) is 16.6 Å². The summed E-state index contributed by atoms with van der Waals surface area (Å²) in [5.41, 5.74) is -4.64. The van der Waals surface area contributed by atoms with E-state index in [1.54, 1.807) is 0 Å². The Bertz CT molecular complexity index is 1230. The van der Waals surface area contributed by atoms with Crippen LogP contribution in [0.15, 0.2) is 60.3 Å². The van der Waals surface area contributed by atoms with Crippen molar-refractivity contribution in [2.45, 2.75) is 24.4 Å². The van der Waals surface area contributed by atoms with Gasteiger partial charge in [-0.1, -0.05) is 23.4 Å². The first-order chi connectivity index (χ1) is 15.0. The molecule has 1 unspecified atom stereocenters. The van der Waals surface area contributed by atoms with Crippen molar-refractivity contribution in [1.82, 2.24) is 14.8 Å². The molecule has 0 saturated carbocycles. The average molecular weight is 451 g/mol. The van der Waals surface area contributed by atoms with Crippen LogP contribution < -0.4 is 0 Å². The molecule has 164 valence electrons. The van der Waals surface area contributed by atoms with Crippen LogP contribution in [0.2, 0.25) is 0 Å². The standard InChI is InChI=1S/C20H11F6N5O/c21-19(22,23)15-3-1-2-14(7-15)18(20(24,25)26)8-16(30-32-18)12-4-5-17(13(6-12)9-27)31-11-28-10-29-31/h1-7,10-11H,8H2. The Morgan fingerprint density at radius 1 is 1.06 bits per heavy atom. The van der Waals surface area contributed by atoms with E-state index in [9.17, 15) is 31.6 Å². The fraction of sp³-hybridized carbons (Fsp3) is 0.200. The molecule has 1 atom stereocenters. The van der Waals surface area contributed by atoms with E-state index in [4.69, 9.17) is 4.84 Å². The molecule has 0 saturated heterocycles. The van der Waals surface area contributed by atoms with Crippen LogP contribution in [0.4, 0.5) is 26.3 Å². The lowest BCUT2D eigenvalue weighted by molar-refractivity contribution is -0.276. The second-order valence-corrected chi connectivity index (χ2v) is 6.89. The number of halogens is 6. The first-order valence-electron chi connectivity index (χ1n) is 8.94. The molecule has 1 aromatic heterocycles. The second kappa shape index (κ2) is 7.37. The number of alkyl halides is 6. The van der Waals surface area contributed by atoms with E-state index in [1.807, 2.05) is 6.07 Å². The first-order valence-corrected chi connectivity index (χ1v) is 8.94. The molecule has 0 fully saturated rings. The van der Waals surface area contributed by atoms with E-state index < -0.39 is 35.5 Å². The van der Waals surface area contributed by atoms with Gasteiger partial charge in [-0.2, -0.15) is 36.7 Å². The Kier molecular flexibility index (Phi) is 4.92. The number of oxime groups is 1. The van der Waals surface area contributed by atoms with Gasteiger partial charge in [0, 0.05) is 17.5 Å². The van der Waals surface area contributed by atoms with Gasteiger partial charge in [0.2, 0.25) is 0 Å². The van der Waals surface area contributed by atoms with Crippen molar-refractivity contribution < 1.29 is 31.2 Å². The van der Waals surface area contributed by atoms with Crippen molar-refractivity contribution in [3.8, 4) is 11.8 Å². The van der Waals surface area contributed by atoms with Crippen molar-refractivity contribution in [3.63, 3.8) is 0 Å². The molecule has 32 heavy (non-hydrogen) atoms. The molecule has 2 heterocycles. The smallest absolute Gasteiger partial charge is 0.374 e. The average Bonchev–Trinajstić information content (AvgIpc) is 3.43. The van der Waals surface area contributed by atoms with Crippen molar-refractivity contribution in [2.75, 3.05) is 0 Å². The van der Waals surface area contributed by atoms with Gasteiger partial charge >= 0.3 is 12.4 Å². The lowest BCUT2D eigenvalue weighted by Gasteiger charge is -2.30. The Morgan fingerprint density at radius 2 is 1.84 bits per heavy atom. The molecule has 1 aliphatic rings. The van der Waals surface area contributed by atoms with Gasteiger partial charge in [0.15, 0.2) is 0 Å². The highest BCUT2D eigenvalue weighted by atomic mass is 19.4. The zero-order valence-electron chi connectivity index (χ0n) is 15.8. The zero-order chi connectivity index (χ0) is 23.1. The van der Waals surface area contributed by atoms with E-state index in [-0.39, 0.29) is 16.8 Å². The quantitative estimate of drug-likeness (QED) is 0.539. The Hall–Kier alpha value is -3.88. The monoisotopic (exact) mass is 451 g/mol. The number of hydrogen-bond acceptors (Lipinski definition) is 5. The molecule has 3 aromatic rings. The molecule has 12 heteroatoms. The normalized spacial score (nSPS) is 18.7. The van der Waals surface area contributed by atoms with E-state index >= 15 is 0 Å². The fourth-order valence-electron chi connectivity index (χ4n) is 3.34. The summed E-state index contributed by atoms with van der Waals surface area (Å²) >= 11 is 0. The molecule has 0 spiro atoms. The minimum atomic E-state index is -5.07. The second-order valence-electron chi connectivity index (χ2n) is 6.89. The van der Waals surface area contributed by atoms with E-state index in [2.05, 4.69) is 15.2 Å². The molecule has 0 aliphatic carbocycles. The zero-order valence-corrected chi connectivity index (χ0v) is 15.8. The van der Waals surface area contributed by atoms with Crippen LogP contribution in [0, 0.1) is 11.3 Å². The fourth-order valence-corrected chi connectivity index (χ4v) is 3.34. The highest BCUT2D eigenvalue weighted by molar-refractivity contribution is 6.02.